The monoisotopic (exact) mass is 341 g/mol. The van der Waals surface area contributed by atoms with Gasteiger partial charge < -0.3 is 9.73 Å². The lowest BCUT2D eigenvalue weighted by Crippen LogP contribution is -2.27. The Balaban J connectivity index is 1.60. The van der Waals surface area contributed by atoms with E-state index in [0.717, 1.165) is 5.56 Å². The van der Waals surface area contributed by atoms with Gasteiger partial charge in [0.05, 0.1) is 12.0 Å². The SMILES string of the molecule is O=C(NCCCn1nc(-c2ccc(F)cc2)ccc1=O)c1ccco1. The van der Waals surface area contributed by atoms with Gasteiger partial charge in [0.25, 0.3) is 11.5 Å². The Labute approximate surface area is 142 Å². The number of hydrogen-bond donors (Lipinski definition) is 1. The second-order valence-corrected chi connectivity index (χ2v) is 5.37. The molecule has 0 saturated heterocycles. The van der Waals surface area contributed by atoms with Crippen molar-refractivity contribution in [1.29, 1.82) is 0 Å². The van der Waals surface area contributed by atoms with E-state index in [9.17, 15) is 14.0 Å². The minimum Gasteiger partial charge on any atom is -0.459 e. The van der Waals surface area contributed by atoms with Crippen LogP contribution >= 0.6 is 0 Å². The Morgan fingerprint density at radius 3 is 2.68 bits per heavy atom. The van der Waals surface area contributed by atoms with Gasteiger partial charge in [-0.05, 0) is 48.9 Å². The molecule has 1 aromatic carbocycles. The number of rotatable bonds is 6. The number of furan rings is 1. The minimum atomic E-state index is -0.329. The summed E-state index contributed by atoms with van der Waals surface area (Å²) < 4.78 is 19.3. The molecule has 1 amide bonds. The predicted octanol–water partition coefficient (Wildman–Crippen LogP) is 2.46. The summed E-state index contributed by atoms with van der Waals surface area (Å²) in [6, 6.07) is 12.1. The summed E-state index contributed by atoms with van der Waals surface area (Å²) in [4.78, 5) is 23.6. The van der Waals surface area contributed by atoms with Gasteiger partial charge in [-0.15, -0.1) is 0 Å². The molecule has 7 heteroatoms. The first-order valence-corrected chi connectivity index (χ1v) is 7.79. The Morgan fingerprint density at radius 2 is 1.96 bits per heavy atom. The molecule has 3 rings (SSSR count). The van der Waals surface area contributed by atoms with Crippen molar-refractivity contribution in [3.63, 3.8) is 0 Å². The van der Waals surface area contributed by atoms with Crippen LogP contribution in [0.25, 0.3) is 11.3 Å². The number of halogens is 1. The summed E-state index contributed by atoms with van der Waals surface area (Å²) in [6.45, 7) is 0.737. The number of carbonyl (C=O) groups is 1. The number of nitrogens with zero attached hydrogens (tertiary/aromatic N) is 2. The van der Waals surface area contributed by atoms with Crippen LogP contribution in [0.4, 0.5) is 4.39 Å². The fourth-order valence-electron chi connectivity index (χ4n) is 2.31. The zero-order chi connectivity index (χ0) is 17.6. The number of carbonyl (C=O) groups excluding carboxylic acids is 1. The number of amides is 1. The molecule has 0 spiro atoms. The normalized spacial score (nSPS) is 10.6. The first-order valence-electron chi connectivity index (χ1n) is 7.79. The number of nitrogens with one attached hydrogen (secondary N) is 1. The lowest BCUT2D eigenvalue weighted by atomic mass is 10.1. The smallest absolute Gasteiger partial charge is 0.286 e. The summed E-state index contributed by atoms with van der Waals surface area (Å²) in [6.07, 6.45) is 1.96. The molecule has 1 N–H and O–H groups in total. The number of hydrogen-bond acceptors (Lipinski definition) is 4. The molecule has 0 radical (unpaired) electrons. The van der Waals surface area contributed by atoms with Crippen LogP contribution < -0.4 is 10.9 Å². The third-order valence-electron chi connectivity index (χ3n) is 3.58. The van der Waals surface area contributed by atoms with Crippen LogP contribution in [0.15, 0.2) is 64.0 Å². The molecule has 0 unspecified atom stereocenters. The molecule has 2 heterocycles. The molecule has 0 aliphatic heterocycles. The molecule has 0 atom stereocenters. The highest BCUT2D eigenvalue weighted by atomic mass is 19.1. The van der Waals surface area contributed by atoms with Gasteiger partial charge in [0.2, 0.25) is 0 Å². The third-order valence-corrected chi connectivity index (χ3v) is 3.58. The highest BCUT2D eigenvalue weighted by Crippen LogP contribution is 2.15. The van der Waals surface area contributed by atoms with Gasteiger partial charge in [-0.25, -0.2) is 9.07 Å². The molecule has 25 heavy (non-hydrogen) atoms. The van der Waals surface area contributed by atoms with Crippen molar-refractivity contribution in [1.82, 2.24) is 15.1 Å². The van der Waals surface area contributed by atoms with Crippen molar-refractivity contribution >= 4 is 5.91 Å². The van der Waals surface area contributed by atoms with E-state index in [-0.39, 0.29) is 23.0 Å². The van der Waals surface area contributed by atoms with E-state index in [1.165, 1.54) is 29.1 Å². The maximum absolute atomic E-state index is 13.0. The van der Waals surface area contributed by atoms with Crippen LogP contribution in [0.2, 0.25) is 0 Å². The van der Waals surface area contributed by atoms with Crippen molar-refractivity contribution in [2.24, 2.45) is 0 Å². The molecule has 0 aliphatic carbocycles. The van der Waals surface area contributed by atoms with Crippen LogP contribution in [-0.4, -0.2) is 22.2 Å². The number of aromatic nitrogens is 2. The Hall–Kier alpha value is -3.22. The zero-order valence-electron chi connectivity index (χ0n) is 13.3. The van der Waals surface area contributed by atoms with Gasteiger partial charge in [0, 0.05) is 24.7 Å². The van der Waals surface area contributed by atoms with Crippen molar-refractivity contribution in [2.45, 2.75) is 13.0 Å². The molecule has 6 nitrogen and oxygen atoms in total. The maximum Gasteiger partial charge on any atom is 0.286 e. The average Bonchev–Trinajstić information content (AvgIpc) is 3.15. The fraction of sp³-hybridized carbons (Fsp3) is 0.167. The van der Waals surface area contributed by atoms with Gasteiger partial charge in [0.1, 0.15) is 5.82 Å². The van der Waals surface area contributed by atoms with Gasteiger partial charge in [-0.1, -0.05) is 0 Å². The van der Waals surface area contributed by atoms with E-state index in [1.807, 2.05) is 0 Å². The standard InChI is InChI=1S/C18H16FN3O3/c19-14-6-4-13(5-7-14)15-8-9-17(23)22(21-15)11-2-10-20-18(24)16-3-1-12-25-16/h1,3-9,12H,2,10-11H2,(H,20,24). The van der Waals surface area contributed by atoms with Gasteiger partial charge in [-0.2, -0.15) is 5.10 Å². The number of benzene rings is 1. The molecule has 0 aliphatic rings. The molecular weight excluding hydrogens is 325 g/mol. The quantitative estimate of drug-likeness (QED) is 0.699. The zero-order valence-corrected chi connectivity index (χ0v) is 13.3. The minimum absolute atomic E-state index is 0.233. The summed E-state index contributed by atoms with van der Waals surface area (Å²) >= 11 is 0. The molecule has 128 valence electrons. The summed E-state index contributed by atoms with van der Waals surface area (Å²) in [5, 5.41) is 7.00. The lowest BCUT2D eigenvalue weighted by molar-refractivity contribution is 0.0925. The second-order valence-electron chi connectivity index (χ2n) is 5.37. The van der Waals surface area contributed by atoms with E-state index in [2.05, 4.69) is 10.4 Å². The Morgan fingerprint density at radius 1 is 1.16 bits per heavy atom. The third kappa shape index (κ3) is 4.20. The summed E-state index contributed by atoms with van der Waals surface area (Å²) in [7, 11) is 0. The highest BCUT2D eigenvalue weighted by molar-refractivity contribution is 5.91. The highest BCUT2D eigenvalue weighted by Gasteiger charge is 2.08. The fourth-order valence-corrected chi connectivity index (χ4v) is 2.31. The number of aryl methyl sites for hydroxylation is 1. The maximum atomic E-state index is 13.0. The van der Waals surface area contributed by atoms with Crippen LogP contribution in [0.3, 0.4) is 0 Å². The van der Waals surface area contributed by atoms with Crippen LogP contribution in [0.1, 0.15) is 17.0 Å². The van der Waals surface area contributed by atoms with Gasteiger partial charge in [-0.3, -0.25) is 9.59 Å². The molecule has 0 fully saturated rings. The topological polar surface area (TPSA) is 77.1 Å². The first kappa shape index (κ1) is 16.6. The molecule has 0 saturated carbocycles. The van der Waals surface area contributed by atoms with Crippen molar-refractivity contribution in [2.75, 3.05) is 6.54 Å². The molecule has 0 bridgehead atoms. The van der Waals surface area contributed by atoms with E-state index in [0.29, 0.717) is 25.2 Å². The summed E-state index contributed by atoms with van der Waals surface area (Å²) in [5.74, 6) is -0.386. The first-order chi connectivity index (χ1) is 12.1. The van der Waals surface area contributed by atoms with E-state index < -0.39 is 0 Å². The van der Waals surface area contributed by atoms with Gasteiger partial charge in [0.15, 0.2) is 5.76 Å². The second kappa shape index (κ2) is 7.57. The van der Waals surface area contributed by atoms with Crippen molar-refractivity contribution < 1.29 is 13.6 Å². The Bertz CT molecular complexity index is 902. The van der Waals surface area contributed by atoms with Crippen molar-refractivity contribution in [3.05, 3.63) is 76.7 Å². The lowest BCUT2D eigenvalue weighted by Gasteiger charge is -2.08. The van der Waals surface area contributed by atoms with E-state index in [1.54, 1.807) is 30.3 Å². The van der Waals surface area contributed by atoms with E-state index >= 15 is 0 Å². The predicted molar refractivity (Wildman–Crippen MR) is 89.5 cm³/mol. The van der Waals surface area contributed by atoms with Crippen LogP contribution in [0, 0.1) is 5.82 Å². The largest absolute Gasteiger partial charge is 0.459 e. The van der Waals surface area contributed by atoms with Crippen molar-refractivity contribution in [3.8, 4) is 11.3 Å². The van der Waals surface area contributed by atoms with Crippen LogP contribution in [0.5, 0.6) is 0 Å². The molecule has 3 aromatic rings. The van der Waals surface area contributed by atoms with Crippen LogP contribution in [-0.2, 0) is 6.54 Å². The summed E-state index contributed by atoms with van der Waals surface area (Å²) in [5.41, 5.74) is 1.07. The molecule has 2 aromatic heterocycles. The molecular formula is C18H16FN3O3. The Kier molecular flexibility index (Phi) is 5.03. The van der Waals surface area contributed by atoms with Gasteiger partial charge >= 0.3 is 0 Å². The van der Waals surface area contributed by atoms with E-state index in [4.69, 9.17) is 4.42 Å². The average molecular weight is 341 g/mol.